The van der Waals surface area contributed by atoms with Crippen LogP contribution in [0, 0.1) is 5.92 Å². The number of H-pyrrole nitrogens is 1. The lowest BCUT2D eigenvalue weighted by molar-refractivity contribution is -0.121. The lowest BCUT2D eigenvalue weighted by atomic mass is 9.85. The molecule has 0 fully saturated rings. The van der Waals surface area contributed by atoms with Gasteiger partial charge in [0.05, 0.1) is 28.4 Å². The van der Waals surface area contributed by atoms with Crippen molar-refractivity contribution in [2.75, 3.05) is 12.4 Å². The predicted molar refractivity (Wildman–Crippen MR) is 110 cm³/mol. The summed E-state index contributed by atoms with van der Waals surface area (Å²) < 4.78 is 9.92. The third kappa shape index (κ3) is 2.71. The second-order valence-corrected chi connectivity index (χ2v) is 8.77. The van der Waals surface area contributed by atoms with Gasteiger partial charge >= 0.3 is 0 Å². The van der Waals surface area contributed by atoms with Crippen molar-refractivity contribution >= 4 is 60.6 Å². The summed E-state index contributed by atoms with van der Waals surface area (Å²) in [5.74, 6) is 1.98. The van der Waals surface area contributed by atoms with Crippen LogP contribution >= 0.6 is 22.9 Å². The number of carbonyl (C=O) groups excluding carboxylic acids is 1. The first kappa shape index (κ1) is 16.7. The fraction of sp³-hybridized carbons (Fsp3) is 0.316. The van der Waals surface area contributed by atoms with Crippen LogP contribution in [0.15, 0.2) is 18.5 Å². The molecule has 0 bridgehead atoms. The standard InChI is InChI=1S/C19H18N4O2S2/c1-9(24)10-3-4-11-15(5-10)26-19-17(11)18(20-8-21-19)22-12-7-16-13(23-27-16)6-14(12)25-2/h6-8,10,23H,3-5H2,1-2H3,(H,20,21,22)/t10-/m0/s1. The fourth-order valence-corrected chi connectivity index (χ4v) is 5.63. The van der Waals surface area contributed by atoms with Crippen LogP contribution in [0.5, 0.6) is 5.75 Å². The summed E-state index contributed by atoms with van der Waals surface area (Å²) >= 11 is 3.28. The van der Waals surface area contributed by atoms with Gasteiger partial charge in [-0.15, -0.1) is 11.3 Å². The molecule has 0 saturated carbocycles. The Balaban J connectivity index is 1.59. The number of ketones is 1. The van der Waals surface area contributed by atoms with E-state index >= 15 is 0 Å². The summed E-state index contributed by atoms with van der Waals surface area (Å²) in [4.78, 5) is 23.1. The highest BCUT2D eigenvalue weighted by Gasteiger charge is 2.27. The van der Waals surface area contributed by atoms with Gasteiger partial charge in [0.15, 0.2) is 0 Å². The highest BCUT2D eigenvalue weighted by Crippen LogP contribution is 2.42. The number of anilines is 2. The smallest absolute Gasteiger partial charge is 0.144 e. The number of ether oxygens (including phenoxy) is 1. The van der Waals surface area contributed by atoms with Crippen molar-refractivity contribution in [1.29, 1.82) is 0 Å². The van der Waals surface area contributed by atoms with E-state index in [0.29, 0.717) is 0 Å². The van der Waals surface area contributed by atoms with Gasteiger partial charge in [-0.1, -0.05) is 11.5 Å². The molecular weight excluding hydrogens is 380 g/mol. The number of rotatable bonds is 4. The Morgan fingerprint density at radius 2 is 2.26 bits per heavy atom. The Labute approximate surface area is 163 Å². The second-order valence-electron chi connectivity index (χ2n) is 6.83. The van der Waals surface area contributed by atoms with Crippen LogP contribution < -0.4 is 10.1 Å². The number of aryl methyl sites for hydroxylation is 1. The van der Waals surface area contributed by atoms with Crippen LogP contribution in [0.1, 0.15) is 23.8 Å². The molecule has 0 spiro atoms. The molecule has 1 aromatic carbocycles. The van der Waals surface area contributed by atoms with Gasteiger partial charge in [0.2, 0.25) is 0 Å². The molecule has 2 N–H and O–H groups in total. The number of carbonyl (C=O) groups is 1. The first-order valence-corrected chi connectivity index (χ1v) is 10.4. The Bertz CT molecular complexity index is 1170. The van der Waals surface area contributed by atoms with Gasteiger partial charge in [-0.3, -0.25) is 4.79 Å². The first-order valence-electron chi connectivity index (χ1n) is 8.81. The molecule has 1 aliphatic rings. The number of nitrogens with one attached hydrogen (secondary N) is 2. The van der Waals surface area contributed by atoms with Crippen LogP contribution in [0.25, 0.3) is 20.4 Å². The minimum Gasteiger partial charge on any atom is -0.494 e. The molecule has 0 aliphatic heterocycles. The number of fused-ring (bicyclic) bond motifs is 4. The van der Waals surface area contributed by atoms with E-state index in [1.54, 1.807) is 43.2 Å². The number of hydrogen-bond acceptors (Lipinski definition) is 7. The van der Waals surface area contributed by atoms with Crippen molar-refractivity contribution in [1.82, 2.24) is 14.3 Å². The zero-order valence-corrected chi connectivity index (χ0v) is 16.6. The summed E-state index contributed by atoms with van der Waals surface area (Å²) in [7, 11) is 1.67. The average molecular weight is 399 g/mol. The highest BCUT2D eigenvalue weighted by atomic mass is 32.1. The maximum Gasteiger partial charge on any atom is 0.144 e. The van der Waals surface area contributed by atoms with E-state index in [2.05, 4.69) is 25.7 Å². The van der Waals surface area contributed by atoms with Crippen molar-refractivity contribution in [2.45, 2.75) is 26.2 Å². The molecule has 8 heteroatoms. The zero-order chi connectivity index (χ0) is 18.5. The van der Waals surface area contributed by atoms with Gasteiger partial charge in [-0.25, -0.2) is 9.97 Å². The number of thiophene rings is 1. The van der Waals surface area contributed by atoms with Crippen LogP contribution in [0.4, 0.5) is 11.5 Å². The zero-order valence-electron chi connectivity index (χ0n) is 15.0. The summed E-state index contributed by atoms with van der Waals surface area (Å²) in [6, 6.07) is 4.07. The summed E-state index contributed by atoms with van der Waals surface area (Å²) in [5, 5.41) is 4.54. The van der Waals surface area contributed by atoms with E-state index in [-0.39, 0.29) is 11.7 Å². The Hall–Kier alpha value is -2.45. The van der Waals surface area contributed by atoms with Gasteiger partial charge in [0.25, 0.3) is 0 Å². The van der Waals surface area contributed by atoms with E-state index < -0.39 is 0 Å². The molecule has 1 aliphatic carbocycles. The Morgan fingerprint density at radius 3 is 3.00 bits per heavy atom. The quantitative estimate of drug-likeness (QED) is 0.522. The van der Waals surface area contributed by atoms with Gasteiger partial charge in [0, 0.05) is 16.9 Å². The number of aromatic amines is 1. The number of hydrogen-bond donors (Lipinski definition) is 2. The first-order chi connectivity index (χ1) is 13.1. The minimum atomic E-state index is 0.132. The van der Waals surface area contributed by atoms with Crippen molar-refractivity contribution in [2.24, 2.45) is 5.92 Å². The van der Waals surface area contributed by atoms with E-state index in [0.717, 1.165) is 52.3 Å². The number of nitrogens with zero attached hydrogens (tertiary/aromatic N) is 2. The fourth-order valence-electron chi connectivity index (χ4n) is 3.73. The lowest BCUT2D eigenvalue weighted by Crippen LogP contribution is -2.19. The predicted octanol–water partition coefficient (Wildman–Crippen LogP) is 4.68. The van der Waals surface area contributed by atoms with Crippen molar-refractivity contribution in [3.8, 4) is 5.75 Å². The number of methoxy groups -OCH3 is 1. The summed E-state index contributed by atoms with van der Waals surface area (Å²) in [6.45, 7) is 1.69. The van der Waals surface area contributed by atoms with Crippen LogP contribution in [-0.2, 0) is 17.6 Å². The molecule has 27 heavy (non-hydrogen) atoms. The van der Waals surface area contributed by atoms with Crippen molar-refractivity contribution in [3.05, 3.63) is 28.9 Å². The largest absolute Gasteiger partial charge is 0.494 e. The molecule has 0 radical (unpaired) electrons. The molecule has 1 atom stereocenters. The second kappa shape index (κ2) is 6.31. The molecular formula is C19H18N4O2S2. The van der Waals surface area contributed by atoms with E-state index in [1.165, 1.54) is 15.1 Å². The molecule has 6 nitrogen and oxygen atoms in total. The molecule has 3 heterocycles. The minimum absolute atomic E-state index is 0.132. The highest BCUT2D eigenvalue weighted by molar-refractivity contribution is 7.19. The van der Waals surface area contributed by atoms with Crippen molar-refractivity contribution in [3.63, 3.8) is 0 Å². The Kier molecular flexibility index (Phi) is 3.91. The third-order valence-corrected chi connectivity index (χ3v) is 7.29. The summed E-state index contributed by atoms with van der Waals surface area (Å²) in [6.07, 6.45) is 4.20. The normalized spacial score (nSPS) is 16.6. The van der Waals surface area contributed by atoms with Gasteiger partial charge in [-0.05, 0) is 37.8 Å². The van der Waals surface area contributed by atoms with Gasteiger partial charge < -0.3 is 14.4 Å². The SMILES string of the molecule is COc1cc2[nH]sc2cc1Nc1ncnc2sc3c(c12)CC[C@H](C(C)=O)C3. The maximum absolute atomic E-state index is 11.8. The van der Waals surface area contributed by atoms with Crippen LogP contribution in [0.2, 0.25) is 0 Å². The van der Waals surface area contributed by atoms with Crippen LogP contribution in [0.3, 0.4) is 0 Å². The number of aromatic nitrogens is 3. The number of Topliss-reactive ketones (excluding diaryl/α,β-unsaturated/α-hetero) is 1. The molecule has 138 valence electrons. The van der Waals surface area contributed by atoms with E-state index in [4.69, 9.17) is 4.74 Å². The van der Waals surface area contributed by atoms with Crippen molar-refractivity contribution < 1.29 is 9.53 Å². The molecule has 5 rings (SSSR count). The van der Waals surface area contributed by atoms with E-state index in [9.17, 15) is 4.79 Å². The van der Waals surface area contributed by atoms with Gasteiger partial charge in [0.1, 0.15) is 28.5 Å². The number of benzene rings is 1. The van der Waals surface area contributed by atoms with Crippen LogP contribution in [-0.4, -0.2) is 27.2 Å². The maximum atomic E-state index is 11.8. The Morgan fingerprint density at radius 1 is 1.37 bits per heavy atom. The van der Waals surface area contributed by atoms with E-state index in [1.807, 2.05) is 6.07 Å². The molecule has 0 amide bonds. The van der Waals surface area contributed by atoms with Gasteiger partial charge in [-0.2, -0.15) is 0 Å². The topological polar surface area (TPSA) is 79.9 Å². The molecule has 0 saturated heterocycles. The molecule has 3 aromatic heterocycles. The third-order valence-electron chi connectivity index (χ3n) is 5.25. The lowest BCUT2D eigenvalue weighted by Gasteiger charge is -2.20. The average Bonchev–Trinajstić information content (AvgIpc) is 3.02. The molecule has 0 unspecified atom stereocenters. The monoisotopic (exact) mass is 398 g/mol. The summed E-state index contributed by atoms with van der Waals surface area (Å²) in [5.41, 5.74) is 3.26. The molecule has 4 aromatic rings.